The van der Waals surface area contributed by atoms with Crippen molar-refractivity contribution in [2.75, 3.05) is 0 Å². The van der Waals surface area contributed by atoms with Gasteiger partial charge in [-0.3, -0.25) is 0 Å². The topological polar surface area (TPSA) is 58.9 Å². The van der Waals surface area contributed by atoms with Crippen LogP contribution in [0.15, 0.2) is 9.98 Å². The molecule has 0 aromatic heterocycles. The quantitative estimate of drug-likeness (QED) is 0.478. The van der Waals surface area contributed by atoms with E-state index in [-0.39, 0.29) is 0 Å². The van der Waals surface area contributed by atoms with Crippen LogP contribution in [0, 0.1) is 5.92 Å². The second kappa shape index (κ2) is 4.13. The summed E-state index contributed by atoms with van der Waals surface area (Å²) in [5.74, 6) is 0.447. The molecule has 1 fully saturated rings. The van der Waals surface area contributed by atoms with Crippen molar-refractivity contribution in [2.24, 2.45) is 15.9 Å². The van der Waals surface area contributed by atoms with Gasteiger partial charge in [0, 0.05) is 0 Å². The van der Waals surface area contributed by atoms with E-state index in [9.17, 15) is 9.59 Å². The summed E-state index contributed by atoms with van der Waals surface area (Å²) in [6, 6.07) is 0. The van der Waals surface area contributed by atoms with Gasteiger partial charge in [-0.05, 0) is 25.2 Å². The zero-order valence-corrected chi connectivity index (χ0v) is 7.62. The summed E-state index contributed by atoms with van der Waals surface area (Å²) in [7, 11) is 0. The molecule has 1 unspecified atom stereocenters. The molecule has 4 heteroatoms. The molecular weight excluding hydrogens is 168 g/mol. The van der Waals surface area contributed by atoms with Gasteiger partial charge >= 0.3 is 0 Å². The molecule has 1 aliphatic rings. The van der Waals surface area contributed by atoms with Crippen LogP contribution in [0.3, 0.4) is 0 Å². The summed E-state index contributed by atoms with van der Waals surface area (Å²) in [5.41, 5.74) is -0.846. The third-order valence-corrected chi connectivity index (χ3v) is 2.46. The van der Waals surface area contributed by atoms with Crippen LogP contribution in [-0.4, -0.2) is 17.8 Å². The fraction of sp³-hybridized carbons (Fsp3) is 0.778. The highest BCUT2D eigenvalue weighted by molar-refractivity contribution is 5.39. The van der Waals surface area contributed by atoms with Crippen LogP contribution in [0.25, 0.3) is 0 Å². The van der Waals surface area contributed by atoms with Gasteiger partial charge in [-0.1, -0.05) is 13.3 Å². The standard InChI is InChI=1S/C9H12N2O2/c1-8-3-2-4-9(5-8,10-6-12)11-7-13/h8H,2-5H2,1H3. The third kappa shape index (κ3) is 2.35. The van der Waals surface area contributed by atoms with E-state index in [0.717, 1.165) is 12.8 Å². The van der Waals surface area contributed by atoms with Gasteiger partial charge in [-0.25, -0.2) is 9.59 Å². The normalized spacial score (nSPS) is 32.8. The number of hydrogen-bond acceptors (Lipinski definition) is 4. The van der Waals surface area contributed by atoms with Gasteiger partial charge in [0.05, 0.1) is 0 Å². The van der Waals surface area contributed by atoms with Gasteiger partial charge in [0.2, 0.25) is 12.2 Å². The van der Waals surface area contributed by atoms with Crippen molar-refractivity contribution in [1.29, 1.82) is 0 Å². The maximum atomic E-state index is 10.2. The van der Waals surface area contributed by atoms with E-state index in [2.05, 4.69) is 16.9 Å². The van der Waals surface area contributed by atoms with E-state index in [1.165, 1.54) is 12.2 Å². The number of aliphatic imine (C=N–C) groups is 2. The van der Waals surface area contributed by atoms with Gasteiger partial charge in [0.25, 0.3) is 0 Å². The van der Waals surface area contributed by atoms with Gasteiger partial charge < -0.3 is 0 Å². The minimum absolute atomic E-state index is 0.447. The van der Waals surface area contributed by atoms with Crippen molar-refractivity contribution >= 4 is 12.2 Å². The predicted molar refractivity (Wildman–Crippen MR) is 46.6 cm³/mol. The zero-order chi connectivity index (χ0) is 9.73. The summed E-state index contributed by atoms with van der Waals surface area (Å²) in [6.07, 6.45) is 6.32. The van der Waals surface area contributed by atoms with Crippen molar-refractivity contribution in [1.82, 2.24) is 0 Å². The smallest absolute Gasteiger partial charge is 0.211 e. The number of carbonyl (C=O) groups excluding carboxylic acids is 2. The van der Waals surface area contributed by atoms with Gasteiger partial charge in [-0.2, -0.15) is 9.98 Å². The van der Waals surface area contributed by atoms with Crippen molar-refractivity contribution in [2.45, 2.75) is 38.3 Å². The predicted octanol–water partition coefficient (Wildman–Crippen LogP) is 1.56. The lowest BCUT2D eigenvalue weighted by Gasteiger charge is -2.30. The number of nitrogens with zero attached hydrogens (tertiary/aromatic N) is 2. The molecule has 0 aliphatic heterocycles. The Hall–Kier alpha value is -1.24. The SMILES string of the molecule is CC1CCCC(N=C=O)(N=C=O)C1. The Morgan fingerprint density at radius 3 is 2.38 bits per heavy atom. The molecule has 0 amide bonds. The van der Waals surface area contributed by atoms with E-state index < -0.39 is 5.66 Å². The van der Waals surface area contributed by atoms with Gasteiger partial charge in [0.15, 0.2) is 5.66 Å². The van der Waals surface area contributed by atoms with Crippen LogP contribution in [0.4, 0.5) is 0 Å². The molecule has 0 aromatic rings. The van der Waals surface area contributed by atoms with Gasteiger partial charge in [-0.15, -0.1) is 0 Å². The fourth-order valence-corrected chi connectivity index (χ4v) is 1.89. The molecule has 1 atom stereocenters. The summed E-state index contributed by atoms with van der Waals surface area (Å²) in [5, 5.41) is 0. The monoisotopic (exact) mass is 180 g/mol. The maximum absolute atomic E-state index is 10.2. The highest BCUT2D eigenvalue weighted by atomic mass is 16.1. The maximum Gasteiger partial charge on any atom is 0.237 e. The van der Waals surface area contributed by atoms with Crippen molar-refractivity contribution in [3.8, 4) is 0 Å². The molecular formula is C9H12N2O2. The molecule has 0 heterocycles. The Morgan fingerprint density at radius 2 is 1.92 bits per heavy atom. The lowest BCUT2D eigenvalue weighted by atomic mass is 9.83. The van der Waals surface area contributed by atoms with E-state index in [1.807, 2.05) is 0 Å². The fourth-order valence-electron chi connectivity index (χ4n) is 1.89. The first-order chi connectivity index (χ1) is 6.22. The molecule has 13 heavy (non-hydrogen) atoms. The number of isocyanates is 2. The number of rotatable bonds is 2. The minimum atomic E-state index is -0.846. The third-order valence-electron chi connectivity index (χ3n) is 2.46. The Bertz CT molecular complexity index is 257. The largest absolute Gasteiger partial charge is 0.237 e. The molecule has 0 saturated heterocycles. The summed E-state index contributed by atoms with van der Waals surface area (Å²) < 4.78 is 0. The Balaban J connectivity index is 2.88. The first-order valence-corrected chi connectivity index (χ1v) is 4.40. The molecule has 0 spiro atoms. The summed E-state index contributed by atoms with van der Waals surface area (Å²) in [4.78, 5) is 27.6. The zero-order valence-electron chi connectivity index (χ0n) is 7.62. The molecule has 70 valence electrons. The first kappa shape index (κ1) is 9.85. The Labute approximate surface area is 76.8 Å². The molecule has 4 nitrogen and oxygen atoms in total. The second-order valence-corrected chi connectivity index (χ2v) is 3.59. The van der Waals surface area contributed by atoms with Crippen LogP contribution in [0.5, 0.6) is 0 Å². The van der Waals surface area contributed by atoms with Crippen LogP contribution >= 0.6 is 0 Å². The molecule has 1 rings (SSSR count). The van der Waals surface area contributed by atoms with Crippen LogP contribution in [0.2, 0.25) is 0 Å². The molecule has 0 aromatic carbocycles. The average Bonchev–Trinajstić information content (AvgIpc) is 2.04. The van der Waals surface area contributed by atoms with E-state index >= 15 is 0 Å². The highest BCUT2D eigenvalue weighted by Gasteiger charge is 2.34. The van der Waals surface area contributed by atoms with E-state index in [1.54, 1.807) is 0 Å². The Kier molecular flexibility index (Phi) is 3.13. The average molecular weight is 180 g/mol. The lowest BCUT2D eigenvalue weighted by Crippen LogP contribution is -2.30. The molecule has 1 saturated carbocycles. The molecule has 1 aliphatic carbocycles. The summed E-state index contributed by atoms with van der Waals surface area (Å²) in [6.45, 7) is 2.06. The van der Waals surface area contributed by atoms with E-state index in [0.29, 0.717) is 18.8 Å². The van der Waals surface area contributed by atoms with E-state index in [4.69, 9.17) is 0 Å². The van der Waals surface area contributed by atoms with Crippen molar-refractivity contribution in [3.63, 3.8) is 0 Å². The van der Waals surface area contributed by atoms with Crippen LogP contribution in [0.1, 0.15) is 32.6 Å². The van der Waals surface area contributed by atoms with Crippen LogP contribution < -0.4 is 0 Å². The van der Waals surface area contributed by atoms with Crippen molar-refractivity contribution < 1.29 is 9.59 Å². The van der Waals surface area contributed by atoms with Gasteiger partial charge in [0.1, 0.15) is 0 Å². The van der Waals surface area contributed by atoms with Crippen LogP contribution in [-0.2, 0) is 9.59 Å². The van der Waals surface area contributed by atoms with Crippen molar-refractivity contribution in [3.05, 3.63) is 0 Å². The summed E-state index contributed by atoms with van der Waals surface area (Å²) >= 11 is 0. The first-order valence-electron chi connectivity index (χ1n) is 4.40. The minimum Gasteiger partial charge on any atom is -0.211 e. The lowest BCUT2D eigenvalue weighted by molar-refractivity contribution is 0.247. The Morgan fingerprint density at radius 1 is 1.31 bits per heavy atom. The molecule has 0 bridgehead atoms. The second-order valence-electron chi connectivity index (χ2n) is 3.59. The highest BCUT2D eigenvalue weighted by Crippen LogP contribution is 2.35. The number of hydrogen-bond donors (Lipinski definition) is 0. The molecule has 0 N–H and O–H groups in total. The molecule has 0 radical (unpaired) electrons.